The molecular weight excluding hydrogens is 216 g/mol. The second kappa shape index (κ2) is 8.09. The first-order chi connectivity index (χ1) is 8.24. The molecule has 0 radical (unpaired) electrons. The smallest absolute Gasteiger partial charge is 0.244 e. The van der Waals surface area contributed by atoms with E-state index in [-0.39, 0.29) is 17.9 Å². The molecule has 1 atom stereocenters. The summed E-state index contributed by atoms with van der Waals surface area (Å²) in [4.78, 5) is 22.4. The topological polar surface area (TPSA) is 58.2 Å². The van der Waals surface area contributed by atoms with E-state index < -0.39 is 0 Å². The minimum absolute atomic E-state index is 0.0124. The number of unbranched alkanes of at least 4 members (excludes halogenated alkanes) is 6. The lowest BCUT2D eigenvalue weighted by molar-refractivity contribution is -0.133. The van der Waals surface area contributed by atoms with Crippen LogP contribution < -0.4 is 10.6 Å². The zero-order valence-corrected chi connectivity index (χ0v) is 10.8. The van der Waals surface area contributed by atoms with Crippen LogP contribution in [0.5, 0.6) is 0 Å². The number of hydrogen-bond acceptors (Lipinski definition) is 2. The molecule has 1 aliphatic rings. The van der Waals surface area contributed by atoms with Gasteiger partial charge in [-0.3, -0.25) is 9.59 Å². The van der Waals surface area contributed by atoms with E-state index in [4.69, 9.17) is 0 Å². The molecule has 1 saturated heterocycles. The van der Waals surface area contributed by atoms with Gasteiger partial charge in [0.2, 0.25) is 11.8 Å². The van der Waals surface area contributed by atoms with Gasteiger partial charge in [0, 0.05) is 13.0 Å². The predicted octanol–water partition coefficient (Wildman–Crippen LogP) is 1.74. The molecule has 17 heavy (non-hydrogen) atoms. The zero-order chi connectivity index (χ0) is 12.5. The first kappa shape index (κ1) is 14.0. The Morgan fingerprint density at radius 1 is 1.24 bits per heavy atom. The summed E-state index contributed by atoms with van der Waals surface area (Å²) in [5.74, 6) is -0.0451. The van der Waals surface area contributed by atoms with E-state index in [0.29, 0.717) is 13.0 Å². The predicted molar refractivity (Wildman–Crippen MR) is 67.6 cm³/mol. The molecular formula is C13H24N2O2. The van der Waals surface area contributed by atoms with Gasteiger partial charge in [0.1, 0.15) is 6.04 Å². The number of carbonyl (C=O) groups is 2. The summed E-state index contributed by atoms with van der Waals surface area (Å²) in [6.45, 7) is 2.79. The summed E-state index contributed by atoms with van der Waals surface area (Å²) >= 11 is 0. The van der Waals surface area contributed by atoms with Crippen molar-refractivity contribution < 1.29 is 9.59 Å². The Balaban J connectivity index is 1.88. The fraction of sp³-hybridized carbons (Fsp3) is 0.846. The van der Waals surface area contributed by atoms with E-state index in [1.807, 2.05) is 0 Å². The van der Waals surface area contributed by atoms with Crippen LogP contribution in [0.4, 0.5) is 0 Å². The van der Waals surface area contributed by atoms with Gasteiger partial charge in [-0.1, -0.05) is 45.4 Å². The molecule has 1 fully saturated rings. The van der Waals surface area contributed by atoms with Crippen LogP contribution in [0.1, 0.15) is 58.3 Å². The largest absolute Gasteiger partial charge is 0.352 e. The van der Waals surface area contributed by atoms with Gasteiger partial charge >= 0.3 is 0 Å². The van der Waals surface area contributed by atoms with Gasteiger partial charge in [0.15, 0.2) is 0 Å². The van der Waals surface area contributed by atoms with Crippen LogP contribution in [-0.4, -0.2) is 24.4 Å². The van der Waals surface area contributed by atoms with Crippen molar-refractivity contribution in [3.05, 3.63) is 0 Å². The van der Waals surface area contributed by atoms with Crippen LogP contribution in [0, 0.1) is 0 Å². The normalized spacial score (nSPS) is 18.4. The maximum absolute atomic E-state index is 11.4. The highest BCUT2D eigenvalue weighted by Gasteiger charge is 2.28. The average Bonchev–Trinajstić information content (AvgIpc) is 2.33. The molecule has 0 aromatic carbocycles. The van der Waals surface area contributed by atoms with E-state index >= 15 is 0 Å². The van der Waals surface area contributed by atoms with Crippen LogP contribution in [0.3, 0.4) is 0 Å². The van der Waals surface area contributed by atoms with Crippen LogP contribution >= 0.6 is 0 Å². The summed E-state index contributed by atoms with van der Waals surface area (Å²) in [5, 5.41) is 5.33. The quantitative estimate of drug-likeness (QED) is 0.476. The van der Waals surface area contributed by atoms with Gasteiger partial charge < -0.3 is 10.6 Å². The molecule has 2 N–H and O–H groups in total. The zero-order valence-electron chi connectivity index (χ0n) is 10.8. The van der Waals surface area contributed by atoms with Crippen LogP contribution in [0.25, 0.3) is 0 Å². The Labute approximate surface area is 104 Å². The summed E-state index contributed by atoms with van der Waals surface area (Å²) in [6.07, 6.45) is 9.00. The van der Waals surface area contributed by atoms with E-state index in [0.717, 1.165) is 12.8 Å². The van der Waals surface area contributed by atoms with Crippen molar-refractivity contribution in [2.75, 3.05) is 6.54 Å². The average molecular weight is 240 g/mol. The SMILES string of the molecule is CCCCCCCCCC(=O)N[C@H]1CNC1=O. The first-order valence-electron chi connectivity index (χ1n) is 6.81. The maximum Gasteiger partial charge on any atom is 0.244 e. The molecule has 4 nitrogen and oxygen atoms in total. The molecule has 0 spiro atoms. The molecule has 98 valence electrons. The standard InChI is InChI=1S/C13H24N2O2/c1-2-3-4-5-6-7-8-9-12(16)15-11-10-14-13(11)17/h11H,2-10H2,1H3,(H,14,17)(H,15,16)/t11-/m0/s1. The number of rotatable bonds is 9. The maximum atomic E-state index is 11.4. The highest BCUT2D eigenvalue weighted by molar-refractivity contribution is 5.92. The molecule has 0 aliphatic carbocycles. The van der Waals surface area contributed by atoms with E-state index in [1.165, 1.54) is 32.1 Å². The van der Waals surface area contributed by atoms with Crippen molar-refractivity contribution in [3.63, 3.8) is 0 Å². The third-order valence-corrected chi connectivity index (χ3v) is 3.14. The van der Waals surface area contributed by atoms with Gasteiger partial charge in [-0.15, -0.1) is 0 Å². The van der Waals surface area contributed by atoms with Crippen molar-refractivity contribution in [2.45, 2.75) is 64.3 Å². The fourth-order valence-electron chi connectivity index (χ4n) is 1.91. The number of carbonyl (C=O) groups excluding carboxylic acids is 2. The second-order valence-corrected chi connectivity index (χ2v) is 4.74. The van der Waals surface area contributed by atoms with Crippen LogP contribution in [-0.2, 0) is 9.59 Å². The monoisotopic (exact) mass is 240 g/mol. The Morgan fingerprint density at radius 2 is 1.88 bits per heavy atom. The van der Waals surface area contributed by atoms with Gasteiger partial charge in [0.25, 0.3) is 0 Å². The van der Waals surface area contributed by atoms with Gasteiger partial charge in [-0.05, 0) is 6.42 Å². The van der Waals surface area contributed by atoms with Gasteiger partial charge in [-0.25, -0.2) is 0 Å². The lowest BCUT2D eigenvalue weighted by Crippen LogP contribution is -2.61. The number of hydrogen-bond donors (Lipinski definition) is 2. The molecule has 0 aromatic heterocycles. The Morgan fingerprint density at radius 3 is 2.41 bits per heavy atom. The van der Waals surface area contributed by atoms with Gasteiger partial charge in [-0.2, -0.15) is 0 Å². The van der Waals surface area contributed by atoms with Crippen molar-refractivity contribution in [2.24, 2.45) is 0 Å². The molecule has 1 heterocycles. The lowest BCUT2D eigenvalue weighted by atomic mass is 10.1. The van der Waals surface area contributed by atoms with Crippen molar-refractivity contribution in [1.29, 1.82) is 0 Å². The van der Waals surface area contributed by atoms with Crippen molar-refractivity contribution >= 4 is 11.8 Å². The second-order valence-electron chi connectivity index (χ2n) is 4.74. The fourth-order valence-corrected chi connectivity index (χ4v) is 1.91. The van der Waals surface area contributed by atoms with Gasteiger partial charge in [0.05, 0.1) is 0 Å². The van der Waals surface area contributed by atoms with Crippen LogP contribution in [0.15, 0.2) is 0 Å². The summed E-state index contributed by atoms with van der Waals surface area (Å²) in [7, 11) is 0. The molecule has 0 saturated carbocycles. The van der Waals surface area contributed by atoms with E-state index in [2.05, 4.69) is 17.6 Å². The molecule has 0 aromatic rings. The van der Waals surface area contributed by atoms with Crippen molar-refractivity contribution in [1.82, 2.24) is 10.6 Å². The number of amides is 2. The third kappa shape index (κ3) is 5.71. The molecule has 2 amide bonds. The number of β-lactam (4-membered cyclic amide) rings is 1. The van der Waals surface area contributed by atoms with E-state index in [1.54, 1.807) is 0 Å². The number of nitrogens with one attached hydrogen (secondary N) is 2. The molecule has 1 aliphatic heterocycles. The summed E-state index contributed by atoms with van der Waals surface area (Å²) in [5.41, 5.74) is 0. The highest BCUT2D eigenvalue weighted by Crippen LogP contribution is 2.08. The minimum atomic E-state index is -0.271. The molecule has 0 unspecified atom stereocenters. The Hall–Kier alpha value is -1.06. The summed E-state index contributed by atoms with van der Waals surface area (Å²) < 4.78 is 0. The summed E-state index contributed by atoms with van der Waals surface area (Å²) in [6, 6.07) is -0.271. The molecule has 0 bridgehead atoms. The lowest BCUT2D eigenvalue weighted by Gasteiger charge is -2.26. The van der Waals surface area contributed by atoms with Crippen LogP contribution in [0.2, 0.25) is 0 Å². The first-order valence-corrected chi connectivity index (χ1v) is 6.81. The Bertz CT molecular complexity index is 254. The molecule has 1 rings (SSSR count). The Kier molecular flexibility index (Phi) is 6.67. The highest BCUT2D eigenvalue weighted by atomic mass is 16.2. The van der Waals surface area contributed by atoms with Crippen molar-refractivity contribution in [3.8, 4) is 0 Å². The molecule has 4 heteroatoms. The third-order valence-electron chi connectivity index (χ3n) is 3.14. The van der Waals surface area contributed by atoms with E-state index in [9.17, 15) is 9.59 Å². The minimum Gasteiger partial charge on any atom is -0.352 e.